The summed E-state index contributed by atoms with van der Waals surface area (Å²) in [7, 11) is 0. The Balaban J connectivity index is 2.00. The first-order valence-electron chi connectivity index (χ1n) is 7.40. The van der Waals surface area contributed by atoms with Gasteiger partial charge >= 0.3 is 0 Å². The van der Waals surface area contributed by atoms with Crippen molar-refractivity contribution in [2.45, 2.75) is 19.9 Å². The third-order valence-electron chi connectivity index (χ3n) is 3.23. The van der Waals surface area contributed by atoms with Crippen molar-refractivity contribution in [3.63, 3.8) is 0 Å². The van der Waals surface area contributed by atoms with Crippen LogP contribution in [0.3, 0.4) is 0 Å². The van der Waals surface area contributed by atoms with Gasteiger partial charge in [0.25, 0.3) is 11.8 Å². The summed E-state index contributed by atoms with van der Waals surface area (Å²) in [6, 6.07) is 9.66. The molecule has 1 unspecified atom stereocenters. The number of halogens is 1. The quantitative estimate of drug-likeness (QED) is 0.610. The first-order chi connectivity index (χ1) is 11.5. The first kappa shape index (κ1) is 18.2. The van der Waals surface area contributed by atoms with Crippen molar-refractivity contribution in [2.24, 2.45) is 11.0 Å². The molecule has 2 rings (SSSR count). The van der Waals surface area contributed by atoms with E-state index in [0.717, 1.165) is 4.88 Å². The van der Waals surface area contributed by atoms with Crippen LogP contribution >= 0.6 is 22.9 Å². The summed E-state index contributed by atoms with van der Waals surface area (Å²) in [6.45, 7) is 3.71. The highest BCUT2D eigenvalue weighted by Gasteiger charge is 2.24. The predicted molar refractivity (Wildman–Crippen MR) is 97.6 cm³/mol. The van der Waals surface area contributed by atoms with E-state index in [2.05, 4.69) is 15.8 Å². The van der Waals surface area contributed by atoms with Gasteiger partial charge in [-0.25, -0.2) is 5.43 Å². The van der Waals surface area contributed by atoms with Crippen LogP contribution in [-0.4, -0.2) is 24.1 Å². The Morgan fingerprint density at radius 2 is 2.04 bits per heavy atom. The fraction of sp³-hybridized carbons (Fsp3) is 0.235. The SMILES string of the molecule is CC(C)C(NC(=O)c1cccc(Cl)c1)C(=O)N/N=C\c1cccs1. The van der Waals surface area contributed by atoms with E-state index >= 15 is 0 Å². The van der Waals surface area contributed by atoms with Gasteiger partial charge in [-0.15, -0.1) is 11.3 Å². The number of amides is 2. The Kier molecular flexibility index (Phi) is 6.52. The molecule has 126 valence electrons. The summed E-state index contributed by atoms with van der Waals surface area (Å²) in [4.78, 5) is 25.5. The van der Waals surface area contributed by atoms with Gasteiger partial charge in [0, 0.05) is 15.5 Å². The largest absolute Gasteiger partial charge is 0.340 e. The Morgan fingerprint density at radius 1 is 1.25 bits per heavy atom. The van der Waals surface area contributed by atoms with Crippen LogP contribution in [0.15, 0.2) is 46.9 Å². The number of hydrogen-bond donors (Lipinski definition) is 2. The lowest BCUT2D eigenvalue weighted by Crippen LogP contribution is -2.48. The highest BCUT2D eigenvalue weighted by molar-refractivity contribution is 7.11. The van der Waals surface area contributed by atoms with Gasteiger partial charge in [-0.2, -0.15) is 5.10 Å². The topological polar surface area (TPSA) is 70.6 Å². The zero-order valence-electron chi connectivity index (χ0n) is 13.3. The second-order valence-corrected chi connectivity index (χ2v) is 6.87. The summed E-state index contributed by atoms with van der Waals surface area (Å²) in [6.07, 6.45) is 1.57. The number of rotatable bonds is 6. The number of nitrogens with zero attached hydrogens (tertiary/aromatic N) is 1. The number of hydrazone groups is 1. The van der Waals surface area contributed by atoms with Crippen LogP contribution in [0.25, 0.3) is 0 Å². The summed E-state index contributed by atoms with van der Waals surface area (Å²) < 4.78 is 0. The summed E-state index contributed by atoms with van der Waals surface area (Å²) in [5.41, 5.74) is 2.87. The summed E-state index contributed by atoms with van der Waals surface area (Å²) >= 11 is 7.41. The standard InChI is InChI=1S/C17H18ClN3O2S/c1-11(2)15(17(23)21-19-10-14-7-4-8-24-14)20-16(22)12-5-3-6-13(18)9-12/h3-11,15H,1-2H3,(H,20,22)(H,21,23)/b19-10-. The second kappa shape index (κ2) is 8.61. The van der Waals surface area contributed by atoms with Crippen LogP contribution in [0, 0.1) is 5.92 Å². The van der Waals surface area contributed by atoms with Crippen molar-refractivity contribution in [1.29, 1.82) is 0 Å². The average molecular weight is 364 g/mol. The molecule has 0 aliphatic rings. The van der Waals surface area contributed by atoms with E-state index in [9.17, 15) is 9.59 Å². The van der Waals surface area contributed by atoms with Gasteiger partial charge in [0.2, 0.25) is 0 Å². The van der Waals surface area contributed by atoms with Crippen molar-refractivity contribution in [3.8, 4) is 0 Å². The minimum atomic E-state index is -0.697. The smallest absolute Gasteiger partial charge is 0.262 e. The van der Waals surface area contributed by atoms with Gasteiger partial charge in [-0.05, 0) is 35.6 Å². The number of thiophene rings is 1. The number of benzene rings is 1. The van der Waals surface area contributed by atoms with Crippen LogP contribution in [0.2, 0.25) is 5.02 Å². The maximum absolute atomic E-state index is 12.3. The highest BCUT2D eigenvalue weighted by atomic mass is 35.5. The van der Waals surface area contributed by atoms with Crippen molar-refractivity contribution >= 4 is 41.0 Å². The minimum absolute atomic E-state index is 0.0925. The van der Waals surface area contributed by atoms with Crippen LogP contribution < -0.4 is 10.7 Å². The number of hydrogen-bond acceptors (Lipinski definition) is 4. The van der Waals surface area contributed by atoms with Crippen molar-refractivity contribution in [2.75, 3.05) is 0 Å². The maximum Gasteiger partial charge on any atom is 0.262 e. The van der Waals surface area contributed by atoms with Gasteiger partial charge in [-0.1, -0.05) is 37.6 Å². The third-order valence-corrected chi connectivity index (χ3v) is 4.27. The molecule has 2 amide bonds. The van der Waals surface area contributed by atoms with Crippen LogP contribution in [0.4, 0.5) is 0 Å². The molecule has 0 spiro atoms. The van der Waals surface area contributed by atoms with E-state index in [1.807, 2.05) is 31.4 Å². The Hall–Kier alpha value is -2.18. The normalized spacial score (nSPS) is 12.3. The molecule has 0 saturated heterocycles. The molecule has 1 aromatic heterocycles. The first-order valence-corrected chi connectivity index (χ1v) is 8.66. The van der Waals surface area contributed by atoms with Gasteiger partial charge in [0.1, 0.15) is 6.04 Å². The Morgan fingerprint density at radius 3 is 2.67 bits per heavy atom. The van der Waals surface area contributed by atoms with Gasteiger partial charge in [-0.3, -0.25) is 9.59 Å². The fourth-order valence-corrected chi connectivity index (χ4v) is 2.76. The molecule has 0 radical (unpaired) electrons. The lowest BCUT2D eigenvalue weighted by atomic mass is 10.0. The van der Waals surface area contributed by atoms with Crippen LogP contribution in [0.1, 0.15) is 29.1 Å². The van der Waals surface area contributed by atoms with Crippen molar-refractivity contribution in [1.82, 2.24) is 10.7 Å². The third kappa shape index (κ3) is 5.18. The molecule has 1 heterocycles. The molecular weight excluding hydrogens is 346 g/mol. The number of carbonyl (C=O) groups excluding carboxylic acids is 2. The molecular formula is C17H18ClN3O2S. The monoisotopic (exact) mass is 363 g/mol. The summed E-state index contributed by atoms with van der Waals surface area (Å²) in [5, 5.41) is 9.04. The van der Waals surface area contributed by atoms with E-state index in [1.165, 1.54) is 11.3 Å². The molecule has 1 atom stereocenters. The molecule has 0 saturated carbocycles. The van der Waals surface area contributed by atoms with E-state index in [4.69, 9.17) is 11.6 Å². The molecule has 1 aromatic carbocycles. The fourth-order valence-electron chi connectivity index (χ4n) is 1.98. The molecule has 2 N–H and O–H groups in total. The van der Waals surface area contributed by atoms with E-state index < -0.39 is 6.04 Å². The molecule has 7 heteroatoms. The Labute approximate surface area is 149 Å². The Bertz CT molecular complexity index is 729. The van der Waals surface area contributed by atoms with E-state index in [-0.39, 0.29) is 17.7 Å². The van der Waals surface area contributed by atoms with Gasteiger partial charge in [0.05, 0.1) is 6.21 Å². The zero-order valence-corrected chi connectivity index (χ0v) is 14.9. The molecule has 0 aliphatic heterocycles. The molecule has 2 aromatic rings. The second-order valence-electron chi connectivity index (χ2n) is 5.46. The minimum Gasteiger partial charge on any atom is -0.340 e. The van der Waals surface area contributed by atoms with E-state index in [0.29, 0.717) is 10.6 Å². The lowest BCUT2D eigenvalue weighted by molar-refractivity contribution is -0.123. The lowest BCUT2D eigenvalue weighted by Gasteiger charge is -2.20. The highest BCUT2D eigenvalue weighted by Crippen LogP contribution is 2.12. The summed E-state index contributed by atoms with van der Waals surface area (Å²) in [5.74, 6) is -0.813. The molecule has 0 aliphatic carbocycles. The maximum atomic E-state index is 12.3. The molecule has 0 bridgehead atoms. The molecule has 0 fully saturated rings. The van der Waals surface area contributed by atoms with Crippen LogP contribution in [0.5, 0.6) is 0 Å². The van der Waals surface area contributed by atoms with E-state index in [1.54, 1.807) is 30.5 Å². The predicted octanol–water partition coefficient (Wildman–Crippen LogP) is 3.31. The zero-order chi connectivity index (χ0) is 17.5. The van der Waals surface area contributed by atoms with Crippen molar-refractivity contribution < 1.29 is 9.59 Å². The van der Waals surface area contributed by atoms with Gasteiger partial charge < -0.3 is 5.32 Å². The van der Waals surface area contributed by atoms with Gasteiger partial charge in [0.15, 0.2) is 0 Å². The number of carbonyl (C=O) groups is 2. The van der Waals surface area contributed by atoms with Crippen LogP contribution in [-0.2, 0) is 4.79 Å². The molecule has 24 heavy (non-hydrogen) atoms. The average Bonchev–Trinajstić information content (AvgIpc) is 3.05. The van der Waals surface area contributed by atoms with Crippen molar-refractivity contribution in [3.05, 3.63) is 57.2 Å². The molecule has 5 nitrogen and oxygen atoms in total. The number of nitrogens with one attached hydrogen (secondary N) is 2.